The molecule has 3 nitrogen and oxygen atoms in total. The summed E-state index contributed by atoms with van der Waals surface area (Å²) in [5.74, 6) is 0.566. The molecule has 1 aromatic rings. The van der Waals surface area contributed by atoms with E-state index in [4.69, 9.17) is 4.74 Å². The molecule has 0 unspecified atom stereocenters. The molecular formula is C18H30O3. The number of phenols is 2. The largest absolute Gasteiger partial charge is 0.508 e. The number of benzene rings is 1. The molecule has 0 saturated heterocycles. The van der Waals surface area contributed by atoms with Crippen LogP contribution in [0.2, 0.25) is 0 Å². The van der Waals surface area contributed by atoms with Crippen LogP contribution in [0.1, 0.15) is 71.1 Å². The van der Waals surface area contributed by atoms with Gasteiger partial charge in [0.15, 0.2) is 11.5 Å². The molecule has 0 aromatic heterocycles. The summed E-state index contributed by atoms with van der Waals surface area (Å²) < 4.78 is 5.48. The maximum absolute atomic E-state index is 9.56. The van der Waals surface area contributed by atoms with E-state index in [-0.39, 0.29) is 11.5 Å². The molecule has 1 rings (SSSR count). The lowest BCUT2D eigenvalue weighted by molar-refractivity contribution is 0.287. The van der Waals surface area contributed by atoms with Crippen molar-refractivity contribution in [1.82, 2.24) is 0 Å². The Labute approximate surface area is 129 Å². The summed E-state index contributed by atoms with van der Waals surface area (Å²) in [6.45, 7) is 2.84. The third kappa shape index (κ3) is 8.49. The summed E-state index contributed by atoms with van der Waals surface area (Å²) in [5.41, 5.74) is 0. The molecule has 0 radical (unpaired) electrons. The van der Waals surface area contributed by atoms with Gasteiger partial charge in [-0.2, -0.15) is 0 Å². The van der Waals surface area contributed by atoms with Crippen LogP contribution in [-0.2, 0) is 0 Å². The third-order valence-electron chi connectivity index (χ3n) is 3.70. The number of aromatic hydroxyl groups is 2. The molecular weight excluding hydrogens is 264 g/mol. The molecule has 0 aliphatic rings. The lowest BCUT2D eigenvalue weighted by atomic mass is 10.1. The maximum Gasteiger partial charge on any atom is 0.164 e. The van der Waals surface area contributed by atoms with Crippen LogP contribution in [-0.4, -0.2) is 16.8 Å². The van der Waals surface area contributed by atoms with Crippen LogP contribution in [0.15, 0.2) is 18.2 Å². The van der Waals surface area contributed by atoms with Gasteiger partial charge in [0.1, 0.15) is 5.75 Å². The van der Waals surface area contributed by atoms with E-state index in [1.165, 1.54) is 69.6 Å². The Kier molecular flexibility index (Phi) is 9.51. The second kappa shape index (κ2) is 11.3. The van der Waals surface area contributed by atoms with E-state index in [0.29, 0.717) is 12.4 Å². The van der Waals surface area contributed by atoms with Crippen LogP contribution in [0, 0.1) is 0 Å². The number of phenolic OH excluding ortho intramolecular Hbond substituents is 2. The average molecular weight is 294 g/mol. The molecule has 0 fully saturated rings. The van der Waals surface area contributed by atoms with Crippen molar-refractivity contribution < 1.29 is 14.9 Å². The van der Waals surface area contributed by atoms with Gasteiger partial charge in [-0.3, -0.25) is 0 Å². The number of hydrogen-bond donors (Lipinski definition) is 2. The van der Waals surface area contributed by atoms with Crippen LogP contribution in [0.5, 0.6) is 17.2 Å². The highest BCUT2D eigenvalue weighted by Crippen LogP contribution is 2.29. The number of rotatable bonds is 12. The Morgan fingerprint density at radius 2 is 1.38 bits per heavy atom. The van der Waals surface area contributed by atoms with Crippen molar-refractivity contribution in [2.75, 3.05) is 6.61 Å². The van der Waals surface area contributed by atoms with Crippen molar-refractivity contribution in [3.05, 3.63) is 18.2 Å². The summed E-state index contributed by atoms with van der Waals surface area (Å²) in [6.07, 6.45) is 12.9. The van der Waals surface area contributed by atoms with E-state index in [0.717, 1.165) is 12.8 Å². The van der Waals surface area contributed by atoms with Crippen molar-refractivity contribution in [3.63, 3.8) is 0 Å². The van der Waals surface area contributed by atoms with E-state index in [1.54, 1.807) is 0 Å². The van der Waals surface area contributed by atoms with Crippen molar-refractivity contribution in [3.8, 4) is 17.2 Å². The molecule has 0 spiro atoms. The van der Waals surface area contributed by atoms with Gasteiger partial charge in [0.25, 0.3) is 0 Å². The van der Waals surface area contributed by atoms with Crippen LogP contribution >= 0.6 is 0 Å². The Bertz CT molecular complexity index is 377. The van der Waals surface area contributed by atoms with Crippen LogP contribution in [0.25, 0.3) is 0 Å². The van der Waals surface area contributed by atoms with E-state index in [9.17, 15) is 10.2 Å². The van der Waals surface area contributed by atoms with Gasteiger partial charge in [-0.05, 0) is 18.6 Å². The standard InChI is InChI=1S/C18H30O3/c1-2-3-4-5-6-7-8-9-10-11-14-21-18-15-16(19)12-13-17(18)20/h12-13,15,19-20H,2-11,14H2,1H3. The maximum atomic E-state index is 9.56. The Morgan fingerprint density at radius 3 is 2.00 bits per heavy atom. The SMILES string of the molecule is CCCCCCCCCCCCOc1cc(O)ccc1O. The first-order valence-electron chi connectivity index (χ1n) is 8.39. The van der Waals surface area contributed by atoms with Crippen molar-refractivity contribution in [2.24, 2.45) is 0 Å². The minimum Gasteiger partial charge on any atom is -0.508 e. The lowest BCUT2D eigenvalue weighted by Crippen LogP contribution is -1.97. The Balaban J connectivity index is 1.94. The molecule has 120 valence electrons. The first-order valence-corrected chi connectivity index (χ1v) is 8.39. The second-order valence-electron chi connectivity index (χ2n) is 5.68. The highest BCUT2D eigenvalue weighted by atomic mass is 16.5. The minimum atomic E-state index is 0.0832. The highest BCUT2D eigenvalue weighted by Gasteiger charge is 2.03. The van der Waals surface area contributed by atoms with Gasteiger partial charge >= 0.3 is 0 Å². The molecule has 0 atom stereocenters. The zero-order valence-electron chi connectivity index (χ0n) is 13.3. The predicted molar refractivity (Wildman–Crippen MR) is 87.1 cm³/mol. The third-order valence-corrected chi connectivity index (χ3v) is 3.70. The molecule has 0 amide bonds. The molecule has 0 saturated carbocycles. The van der Waals surface area contributed by atoms with E-state index in [1.807, 2.05) is 0 Å². The normalized spacial score (nSPS) is 10.7. The number of hydrogen-bond acceptors (Lipinski definition) is 3. The molecule has 21 heavy (non-hydrogen) atoms. The predicted octanol–water partition coefficient (Wildman–Crippen LogP) is 5.40. The zero-order valence-corrected chi connectivity index (χ0v) is 13.3. The van der Waals surface area contributed by atoms with Crippen molar-refractivity contribution >= 4 is 0 Å². The first-order chi connectivity index (χ1) is 10.2. The number of unbranched alkanes of at least 4 members (excludes halogenated alkanes) is 9. The summed E-state index contributed by atoms with van der Waals surface area (Å²) in [7, 11) is 0. The monoisotopic (exact) mass is 294 g/mol. The summed E-state index contributed by atoms with van der Waals surface area (Å²) in [6, 6.07) is 4.34. The van der Waals surface area contributed by atoms with Crippen molar-refractivity contribution in [1.29, 1.82) is 0 Å². The van der Waals surface area contributed by atoms with Crippen molar-refractivity contribution in [2.45, 2.75) is 71.1 Å². The molecule has 0 aliphatic heterocycles. The fourth-order valence-electron chi connectivity index (χ4n) is 2.39. The molecule has 1 aromatic carbocycles. The van der Waals surface area contributed by atoms with E-state index >= 15 is 0 Å². The van der Waals surface area contributed by atoms with Gasteiger partial charge in [0.2, 0.25) is 0 Å². The quantitative estimate of drug-likeness (QED) is 0.401. The summed E-state index contributed by atoms with van der Waals surface area (Å²) in [4.78, 5) is 0. The van der Waals surface area contributed by atoms with Gasteiger partial charge in [-0.25, -0.2) is 0 Å². The van der Waals surface area contributed by atoms with Gasteiger partial charge in [0, 0.05) is 6.07 Å². The summed E-state index contributed by atoms with van der Waals surface area (Å²) in [5, 5.41) is 18.9. The van der Waals surface area contributed by atoms with Crippen LogP contribution in [0.4, 0.5) is 0 Å². The van der Waals surface area contributed by atoms with E-state index < -0.39 is 0 Å². The van der Waals surface area contributed by atoms with Crippen LogP contribution < -0.4 is 4.74 Å². The second-order valence-corrected chi connectivity index (χ2v) is 5.68. The molecule has 0 bridgehead atoms. The van der Waals surface area contributed by atoms with Gasteiger partial charge in [-0.1, -0.05) is 64.7 Å². The first kappa shape index (κ1) is 17.7. The fourth-order valence-corrected chi connectivity index (χ4v) is 2.39. The summed E-state index contributed by atoms with van der Waals surface area (Å²) >= 11 is 0. The van der Waals surface area contributed by atoms with Crippen LogP contribution in [0.3, 0.4) is 0 Å². The average Bonchev–Trinajstić information content (AvgIpc) is 2.48. The van der Waals surface area contributed by atoms with Gasteiger partial charge < -0.3 is 14.9 Å². The minimum absolute atomic E-state index is 0.0832. The zero-order chi connectivity index (χ0) is 15.3. The lowest BCUT2D eigenvalue weighted by Gasteiger charge is -2.08. The Hall–Kier alpha value is -1.38. The molecule has 3 heteroatoms. The van der Waals surface area contributed by atoms with Gasteiger partial charge in [-0.15, -0.1) is 0 Å². The highest BCUT2D eigenvalue weighted by molar-refractivity contribution is 5.43. The van der Waals surface area contributed by atoms with Gasteiger partial charge in [0.05, 0.1) is 6.61 Å². The molecule has 0 aliphatic carbocycles. The number of ether oxygens (including phenoxy) is 1. The smallest absolute Gasteiger partial charge is 0.164 e. The fraction of sp³-hybridized carbons (Fsp3) is 0.667. The van der Waals surface area contributed by atoms with E-state index in [2.05, 4.69) is 6.92 Å². The molecule has 0 heterocycles. The Morgan fingerprint density at radius 1 is 0.810 bits per heavy atom. The topological polar surface area (TPSA) is 49.7 Å². The molecule has 2 N–H and O–H groups in total.